The summed E-state index contributed by atoms with van der Waals surface area (Å²) in [6.07, 6.45) is -1.29. The fraction of sp³-hybridized carbons (Fsp3) is 0.722. The summed E-state index contributed by atoms with van der Waals surface area (Å²) in [5, 5.41) is 43.6. The van der Waals surface area contributed by atoms with Crippen LogP contribution in [0, 0.1) is 0 Å². The number of carbonyl (C=O) groups excluding carboxylic acids is 3. The third kappa shape index (κ3) is 11.0. The molecule has 0 saturated carbocycles. The van der Waals surface area contributed by atoms with E-state index in [-0.39, 0.29) is 12.8 Å². The monoisotopic (exact) mass is 463 g/mol. The van der Waals surface area contributed by atoms with Gasteiger partial charge in [0, 0.05) is 6.42 Å². The lowest BCUT2D eigenvalue weighted by Crippen LogP contribution is -2.60. The van der Waals surface area contributed by atoms with Gasteiger partial charge in [-0.05, 0) is 39.2 Å². The highest BCUT2D eigenvalue weighted by Gasteiger charge is 2.32. The smallest absolute Gasteiger partial charge is 0.326 e. The molecule has 0 fully saturated rings. The van der Waals surface area contributed by atoms with Crippen molar-refractivity contribution in [2.45, 2.75) is 69.3 Å². The molecule has 0 aromatic rings. The number of hydrogen-bond acceptors (Lipinski definition) is 9. The Morgan fingerprint density at radius 2 is 1.47 bits per heavy atom. The molecule has 184 valence electrons. The quantitative estimate of drug-likeness (QED) is 0.100. The van der Waals surface area contributed by atoms with E-state index in [0.717, 1.165) is 0 Å². The maximum atomic E-state index is 12.6. The standard InChI is InChI=1S/C18H33N5O9/c1-9(25)14(17(30)22-12(18(31)32)4-2-3-7-19)23-16(29)11(5-6-13(26)27)21-15(28)10(20)8-24/h9-12,14,24-25H,2-8,19-20H2,1H3,(H,21,28)(H,22,30)(H,23,29)(H,26,27)(H,31,32). The lowest BCUT2D eigenvalue weighted by molar-refractivity contribution is -0.143. The van der Waals surface area contributed by atoms with Gasteiger partial charge in [0.15, 0.2) is 0 Å². The number of nitrogens with two attached hydrogens (primary N) is 2. The van der Waals surface area contributed by atoms with Crippen LogP contribution in [0.25, 0.3) is 0 Å². The van der Waals surface area contributed by atoms with Gasteiger partial charge in [-0.3, -0.25) is 19.2 Å². The number of carboxylic acids is 2. The van der Waals surface area contributed by atoms with Crippen LogP contribution in [0.2, 0.25) is 0 Å². The van der Waals surface area contributed by atoms with Gasteiger partial charge in [-0.15, -0.1) is 0 Å². The summed E-state index contributed by atoms with van der Waals surface area (Å²) in [5.41, 5.74) is 10.7. The molecule has 0 saturated heterocycles. The lowest BCUT2D eigenvalue weighted by Gasteiger charge is -2.26. The van der Waals surface area contributed by atoms with Crippen LogP contribution in [0.15, 0.2) is 0 Å². The van der Waals surface area contributed by atoms with Crippen LogP contribution in [0.1, 0.15) is 39.0 Å². The molecule has 14 nitrogen and oxygen atoms in total. The fourth-order valence-electron chi connectivity index (χ4n) is 2.57. The fourth-order valence-corrected chi connectivity index (χ4v) is 2.57. The van der Waals surface area contributed by atoms with E-state index in [1.807, 2.05) is 0 Å². The first-order valence-electron chi connectivity index (χ1n) is 10.0. The Labute approximate surface area is 184 Å². The third-order valence-electron chi connectivity index (χ3n) is 4.44. The average Bonchev–Trinajstić information content (AvgIpc) is 2.72. The number of nitrogens with one attached hydrogen (secondary N) is 3. The number of carbonyl (C=O) groups is 5. The minimum absolute atomic E-state index is 0.0785. The molecule has 5 unspecified atom stereocenters. The number of amides is 3. The predicted molar refractivity (Wildman–Crippen MR) is 110 cm³/mol. The number of aliphatic hydroxyl groups is 2. The summed E-state index contributed by atoms with van der Waals surface area (Å²) in [6.45, 7) is 0.801. The summed E-state index contributed by atoms with van der Waals surface area (Å²) < 4.78 is 0. The van der Waals surface area contributed by atoms with Crippen LogP contribution in [0.3, 0.4) is 0 Å². The predicted octanol–water partition coefficient (Wildman–Crippen LogP) is -3.78. The van der Waals surface area contributed by atoms with Gasteiger partial charge in [0.05, 0.1) is 12.7 Å². The SMILES string of the molecule is CC(O)C(NC(=O)C(CCC(=O)O)NC(=O)C(N)CO)C(=O)NC(CCCCN)C(=O)O. The molecule has 0 aliphatic carbocycles. The molecule has 3 amide bonds. The van der Waals surface area contributed by atoms with Crippen molar-refractivity contribution in [3.8, 4) is 0 Å². The first-order valence-corrected chi connectivity index (χ1v) is 10.0. The summed E-state index contributed by atoms with van der Waals surface area (Å²) in [6, 6.07) is -5.67. The molecule has 5 atom stereocenters. The number of rotatable bonds is 16. The van der Waals surface area contributed by atoms with E-state index in [1.165, 1.54) is 6.92 Å². The molecule has 0 heterocycles. The maximum absolute atomic E-state index is 12.6. The first kappa shape index (κ1) is 29.2. The van der Waals surface area contributed by atoms with E-state index >= 15 is 0 Å². The van der Waals surface area contributed by atoms with E-state index in [1.54, 1.807) is 0 Å². The van der Waals surface area contributed by atoms with Crippen molar-refractivity contribution in [3.63, 3.8) is 0 Å². The topological polar surface area (TPSA) is 254 Å². The number of carboxylic acid groups (broad SMARTS) is 2. The minimum atomic E-state index is -1.59. The molecule has 11 N–H and O–H groups in total. The van der Waals surface area contributed by atoms with E-state index in [9.17, 15) is 34.2 Å². The van der Waals surface area contributed by atoms with Crippen molar-refractivity contribution in [3.05, 3.63) is 0 Å². The van der Waals surface area contributed by atoms with Crippen LogP contribution in [0.5, 0.6) is 0 Å². The van der Waals surface area contributed by atoms with Gasteiger partial charge in [-0.1, -0.05) is 0 Å². The second-order valence-corrected chi connectivity index (χ2v) is 7.19. The largest absolute Gasteiger partial charge is 0.481 e. The Morgan fingerprint density at radius 1 is 0.875 bits per heavy atom. The highest BCUT2D eigenvalue weighted by atomic mass is 16.4. The van der Waals surface area contributed by atoms with Crippen molar-refractivity contribution >= 4 is 29.7 Å². The average molecular weight is 463 g/mol. The van der Waals surface area contributed by atoms with Crippen molar-refractivity contribution in [1.82, 2.24) is 16.0 Å². The summed E-state index contributed by atoms with van der Waals surface area (Å²) >= 11 is 0. The van der Waals surface area contributed by atoms with Crippen molar-refractivity contribution in [1.29, 1.82) is 0 Å². The molecule has 0 aliphatic rings. The summed E-state index contributed by atoms with van der Waals surface area (Å²) in [4.78, 5) is 59.3. The van der Waals surface area contributed by atoms with Gasteiger partial charge in [-0.2, -0.15) is 0 Å². The second kappa shape index (κ2) is 15.1. The van der Waals surface area contributed by atoms with E-state index < -0.39 is 73.0 Å². The molecule has 0 aliphatic heterocycles. The van der Waals surface area contributed by atoms with Gasteiger partial charge < -0.3 is 47.8 Å². The van der Waals surface area contributed by atoms with Crippen molar-refractivity contribution < 1.29 is 44.4 Å². The van der Waals surface area contributed by atoms with Crippen LogP contribution in [0.4, 0.5) is 0 Å². The Hall–Kier alpha value is -2.81. The zero-order valence-corrected chi connectivity index (χ0v) is 17.8. The molecule has 0 rings (SSSR count). The van der Waals surface area contributed by atoms with E-state index in [4.69, 9.17) is 21.7 Å². The summed E-state index contributed by atoms with van der Waals surface area (Å²) in [5.74, 6) is -5.47. The van der Waals surface area contributed by atoms with Gasteiger partial charge in [0.25, 0.3) is 0 Å². The highest BCUT2D eigenvalue weighted by Crippen LogP contribution is 2.05. The molecule has 0 radical (unpaired) electrons. The van der Waals surface area contributed by atoms with E-state index in [2.05, 4.69) is 16.0 Å². The Balaban J connectivity index is 5.36. The number of aliphatic carboxylic acids is 2. The Kier molecular flexibility index (Phi) is 13.7. The third-order valence-corrected chi connectivity index (χ3v) is 4.44. The van der Waals surface area contributed by atoms with E-state index in [0.29, 0.717) is 19.4 Å². The molecule has 32 heavy (non-hydrogen) atoms. The molecule has 0 spiro atoms. The minimum Gasteiger partial charge on any atom is -0.481 e. The van der Waals surface area contributed by atoms with Crippen LogP contribution < -0.4 is 27.4 Å². The molecule has 14 heteroatoms. The normalized spacial score (nSPS) is 15.5. The maximum Gasteiger partial charge on any atom is 0.326 e. The molecule has 0 bridgehead atoms. The van der Waals surface area contributed by atoms with Gasteiger partial charge in [0.2, 0.25) is 17.7 Å². The molecular weight excluding hydrogens is 430 g/mol. The number of unbranched alkanes of at least 4 members (excludes halogenated alkanes) is 1. The van der Waals surface area contributed by atoms with Gasteiger partial charge >= 0.3 is 11.9 Å². The van der Waals surface area contributed by atoms with Crippen LogP contribution >= 0.6 is 0 Å². The highest BCUT2D eigenvalue weighted by molar-refractivity contribution is 5.94. The molecule has 0 aromatic carbocycles. The van der Waals surface area contributed by atoms with Crippen molar-refractivity contribution in [2.75, 3.05) is 13.2 Å². The molecule has 0 aromatic heterocycles. The van der Waals surface area contributed by atoms with Crippen LogP contribution in [-0.2, 0) is 24.0 Å². The van der Waals surface area contributed by atoms with Gasteiger partial charge in [-0.25, -0.2) is 4.79 Å². The molecular formula is C18H33N5O9. The first-order chi connectivity index (χ1) is 14.9. The van der Waals surface area contributed by atoms with Crippen molar-refractivity contribution in [2.24, 2.45) is 11.5 Å². The Bertz CT molecular complexity index is 659. The van der Waals surface area contributed by atoms with Gasteiger partial charge in [0.1, 0.15) is 24.2 Å². The lowest BCUT2D eigenvalue weighted by atomic mass is 10.1. The van der Waals surface area contributed by atoms with Crippen LogP contribution in [-0.4, -0.2) is 93.5 Å². The Morgan fingerprint density at radius 3 is 1.94 bits per heavy atom. The zero-order chi connectivity index (χ0) is 24.8. The second-order valence-electron chi connectivity index (χ2n) is 7.19. The zero-order valence-electron chi connectivity index (χ0n) is 17.8. The number of hydrogen-bond donors (Lipinski definition) is 9. The number of aliphatic hydroxyl groups excluding tert-OH is 2. The summed E-state index contributed by atoms with van der Waals surface area (Å²) in [7, 11) is 0.